The number of aryl methyl sites for hydroxylation is 2. The van der Waals surface area contributed by atoms with Crippen molar-refractivity contribution in [1.82, 2.24) is 9.55 Å². The molecule has 28 heavy (non-hydrogen) atoms. The summed E-state index contributed by atoms with van der Waals surface area (Å²) >= 11 is 6.14. The van der Waals surface area contributed by atoms with Gasteiger partial charge in [0.25, 0.3) is 0 Å². The van der Waals surface area contributed by atoms with E-state index in [2.05, 4.69) is 10.3 Å². The predicted molar refractivity (Wildman–Crippen MR) is 105 cm³/mol. The predicted octanol–water partition coefficient (Wildman–Crippen LogP) is 4.59. The Morgan fingerprint density at radius 2 is 1.89 bits per heavy atom. The van der Waals surface area contributed by atoms with Crippen LogP contribution in [0.2, 0.25) is 5.02 Å². The van der Waals surface area contributed by atoms with Crippen molar-refractivity contribution in [3.63, 3.8) is 0 Å². The maximum Gasteiger partial charge on any atom is 0.316 e. The van der Waals surface area contributed by atoms with Crippen molar-refractivity contribution in [2.75, 3.05) is 12.4 Å². The summed E-state index contributed by atoms with van der Waals surface area (Å²) in [5, 5.41) is 3.75. The van der Waals surface area contributed by atoms with Crippen LogP contribution in [-0.2, 0) is 6.54 Å². The van der Waals surface area contributed by atoms with Crippen LogP contribution < -0.4 is 15.6 Å². The molecule has 0 radical (unpaired) electrons. The highest BCUT2D eigenvalue weighted by molar-refractivity contribution is 6.31. The average molecular weight is 406 g/mol. The van der Waals surface area contributed by atoms with Gasteiger partial charge in [-0.25, -0.2) is 8.78 Å². The lowest BCUT2D eigenvalue weighted by Crippen LogP contribution is -2.19. The van der Waals surface area contributed by atoms with E-state index in [1.807, 2.05) is 19.9 Å². The number of hydrogen-bond donors (Lipinski definition) is 1. The topological polar surface area (TPSA) is 56.1 Å². The minimum absolute atomic E-state index is 0.0390. The molecule has 0 spiro atoms. The zero-order valence-electron chi connectivity index (χ0n) is 15.5. The lowest BCUT2D eigenvalue weighted by molar-refractivity contribution is 0.402. The summed E-state index contributed by atoms with van der Waals surface area (Å²) in [6.07, 6.45) is 1.47. The second kappa shape index (κ2) is 7.98. The summed E-state index contributed by atoms with van der Waals surface area (Å²) in [5.74, 6) is -1.60. The molecule has 1 aromatic heterocycles. The molecule has 0 aliphatic heterocycles. The van der Waals surface area contributed by atoms with Crippen molar-refractivity contribution in [1.29, 1.82) is 0 Å². The fourth-order valence-corrected chi connectivity index (χ4v) is 2.92. The molecule has 3 rings (SSSR count). The minimum atomic E-state index is -0.947. The monoisotopic (exact) mass is 405 g/mol. The number of aromatic nitrogens is 2. The number of benzene rings is 2. The first-order valence-corrected chi connectivity index (χ1v) is 8.79. The Bertz CT molecular complexity index is 1100. The molecule has 0 fully saturated rings. The zero-order chi connectivity index (χ0) is 20.4. The molecular weight excluding hydrogens is 388 g/mol. The van der Waals surface area contributed by atoms with E-state index in [1.165, 1.54) is 19.4 Å². The van der Waals surface area contributed by atoms with Crippen LogP contribution in [-0.4, -0.2) is 16.7 Å². The molecule has 0 saturated heterocycles. The van der Waals surface area contributed by atoms with Crippen LogP contribution >= 0.6 is 11.6 Å². The number of nitrogens with zero attached hydrogens (tertiary/aromatic N) is 2. The molecule has 2 aromatic carbocycles. The molecule has 0 saturated carbocycles. The van der Waals surface area contributed by atoms with Gasteiger partial charge in [0.2, 0.25) is 11.7 Å². The lowest BCUT2D eigenvalue weighted by atomic mass is 10.1. The summed E-state index contributed by atoms with van der Waals surface area (Å²) in [6.45, 7) is 3.88. The Morgan fingerprint density at radius 3 is 2.57 bits per heavy atom. The number of rotatable bonds is 5. The van der Waals surface area contributed by atoms with Gasteiger partial charge in [-0.05, 0) is 54.8 Å². The largest absolute Gasteiger partial charge is 0.490 e. The van der Waals surface area contributed by atoms with E-state index in [1.54, 1.807) is 10.6 Å². The molecule has 5 nitrogen and oxygen atoms in total. The molecule has 0 bridgehead atoms. The molecule has 0 atom stereocenters. The quantitative estimate of drug-likeness (QED) is 0.674. The van der Waals surface area contributed by atoms with Gasteiger partial charge < -0.3 is 14.6 Å². The third kappa shape index (κ3) is 4.14. The summed E-state index contributed by atoms with van der Waals surface area (Å²) in [5.41, 5.74) is 2.39. The van der Waals surface area contributed by atoms with Gasteiger partial charge in [-0.1, -0.05) is 17.7 Å². The van der Waals surface area contributed by atoms with E-state index < -0.39 is 17.2 Å². The number of hydrogen-bond acceptors (Lipinski definition) is 4. The standard InChI is InChI=1S/C20H18ClF2N3O2/c1-11-7-17(12(2)6-14(11)21)24-20-25-19(27)18(28-3)10-26(20)9-13-4-5-15(22)16(23)8-13/h4-8,10H,9H2,1-3H3,(H,24,25,27). The van der Waals surface area contributed by atoms with E-state index >= 15 is 0 Å². The molecular formula is C20H18ClF2N3O2. The molecule has 0 unspecified atom stereocenters. The third-order valence-corrected chi connectivity index (χ3v) is 4.68. The van der Waals surface area contributed by atoms with E-state index in [0.717, 1.165) is 28.9 Å². The first-order chi connectivity index (χ1) is 13.3. The van der Waals surface area contributed by atoms with E-state index in [0.29, 0.717) is 10.6 Å². The number of anilines is 2. The Morgan fingerprint density at radius 1 is 1.14 bits per heavy atom. The molecule has 0 amide bonds. The molecule has 8 heteroatoms. The normalized spacial score (nSPS) is 10.8. The number of halogens is 3. The highest BCUT2D eigenvalue weighted by atomic mass is 35.5. The summed E-state index contributed by atoms with van der Waals surface area (Å²) in [7, 11) is 1.36. The molecule has 3 aromatic rings. The molecule has 0 aliphatic rings. The third-order valence-electron chi connectivity index (χ3n) is 4.27. The van der Waals surface area contributed by atoms with Gasteiger partial charge in [0.15, 0.2) is 11.6 Å². The molecule has 1 N–H and O–H groups in total. The highest BCUT2D eigenvalue weighted by Crippen LogP contribution is 2.26. The van der Waals surface area contributed by atoms with E-state index in [-0.39, 0.29) is 18.2 Å². The van der Waals surface area contributed by atoms with Crippen LogP contribution in [0, 0.1) is 25.5 Å². The molecule has 1 heterocycles. The number of nitrogens with one attached hydrogen (secondary N) is 1. The van der Waals surface area contributed by atoms with E-state index in [9.17, 15) is 13.6 Å². The van der Waals surface area contributed by atoms with Gasteiger partial charge in [0, 0.05) is 10.7 Å². The Labute approximate surface area is 165 Å². The van der Waals surface area contributed by atoms with Crippen LogP contribution in [0.25, 0.3) is 0 Å². The lowest BCUT2D eigenvalue weighted by Gasteiger charge is -2.17. The second-order valence-electron chi connectivity index (χ2n) is 6.36. The van der Waals surface area contributed by atoms with Crippen molar-refractivity contribution in [3.05, 3.63) is 80.2 Å². The van der Waals surface area contributed by atoms with Crippen LogP contribution in [0.1, 0.15) is 16.7 Å². The van der Waals surface area contributed by atoms with Crippen LogP contribution in [0.15, 0.2) is 41.3 Å². The van der Waals surface area contributed by atoms with Crippen LogP contribution in [0.5, 0.6) is 5.75 Å². The summed E-state index contributed by atoms with van der Waals surface area (Å²) in [4.78, 5) is 16.2. The van der Waals surface area contributed by atoms with Gasteiger partial charge in [0.1, 0.15) is 0 Å². The highest BCUT2D eigenvalue weighted by Gasteiger charge is 2.13. The smallest absolute Gasteiger partial charge is 0.316 e. The summed E-state index contributed by atoms with van der Waals surface area (Å²) in [6, 6.07) is 7.26. The minimum Gasteiger partial charge on any atom is -0.490 e. The van der Waals surface area contributed by atoms with Crippen LogP contribution in [0.3, 0.4) is 0 Å². The van der Waals surface area contributed by atoms with Gasteiger partial charge in [-0.15, -0.1) is 0 Å². The maximum absolute atomic E-state index is 13.6. The fraction of sp³-hybridized carbons (Fsp3) is 0.200. The molecule has 0 aliphatic carbocycles. The first-order valence-electron chi connectivity index (χ1n) is 8.41. The Hall–Kier alpha value is -2.93. The van der Waals surface area contributed by atoms with E-state index in [4.69, 9.17) is 16.3 Å². The van der Waals surface area contributed by atoms with Gasteiger partial charge in [-0.2, -0.15) is 4.98 Å². The van der Waals surface area contributed by atoms with Crippen molar-refractivity contribution < 1.29 is 13.5 Å². The summed E-state index contributed by atoms with van der Waals surface area (Å²) < 4.78 is 33.4. The SMILES string of the molecule is COc1cn(Cc2ccc(F)c(F)c2)c(Nc2cc(C)c(Cl)cc2C)nc1=O. The van der Waals surface area contributed by atoms with Crippen molar-refractivity contribution >= 4 is 23.2 Å². The second-order valence-corrected chi connectivity index (χ2v) is 6.76. The van der Waals surface area contributed by atoms with Gasteiger partial charge in [-0.3, -0.25) is 4.79 Å². The van der Waals surface area contributed by atoms with Crippen molar-refractivity contribution in [2.24, 2.45) is 0 Å². The van der Waals surface area contributed by atoms with Crippen LogP contribution in [0.4, 0.5) is 20.4 Å². The fourth-order valence-electron chi connectivity index (χ4n) is 2.70. The number of ether oxygens (including phenoxy) is 1. The maximum atomic E-state index is 13.6. The zero-order valence-corrected chi connectivity index (χ0v) is 16.3. The van der Waals surface area contributed by atoms with Crippen molar-refractivity contribution in [2.45, 2.75) is 20.4 Å². The van der Waals surface area contributed by atoms with Gasteiger partial charge >= 0.3 is 5.56 Å². The van der Waals surface area contributed by atoms with Gasteiger partial charge in [0.05, 0.1) is 19.9 Å². The average Bonchev–Trinajstić information content (AvgIpc) is 2.64. The Balaban J connectivity index is 2.04. The first kappa shape index (κ1) is 19.8. The number of methoxy groups -OCH3 is 1. The van der Waals surface area contributed by atoms with Crippen molar-refractivity contribution in [3.8, 4) is 5.75 Å². The molecule has 146 valence electrons. The Kier molecular flexibility index (Phi) is 5.65.